The Morgan fingerprint density at radius 2 is 2.13 bits per heavy atom. The summed E-state index contributed by atoms with van der Waals surface area (Å²) in [4.78, 5) is 24.9. The van der Waals surface area contributed by atoms with Crippen molar-refractivity contribution in [1.82, 2.24) is 4.90 Å². The lowest BCUT2D eigenvalue weighted by molar-refractivity contribution is -0.157. The second-order valence-corrected chi connectivity index (χ2v) is 6.11. The molecule has 23 heavy (non-hydrogen) atoms. The van der Waals surface area contributed by atoms with Gasteiger partial charge >= 0.3 is 12.1 Å². The second-order valence-electron chi connectivity index (χ2n) is 6.11. The van der Waals surface area contributed by atoms with E-state index in [4.69, 9.17) is 9.47 Å². The maximum atomic E-state index is 12.3. The normalized spacial score (nSPS) is 14.7. The summed E-state index contributed by atoms with van der Waals surface area (Å²) in [6.45, 7) is 3.79. The molecule has 0 bridgehead atoms. The molecule has 1 aromatic rings. The summed E-state index contributed by atoms with van der Waals surface area (Å²) in [5.41, 5.74) is 0.447. The molecule has 2 rings (SSSR count). The number of phenols is 1. The monoisotopic (exact) mass is 323 g/mol. The first-order chi connectivity index (χ1) is 10.8. The predicted octanol–water partition coefficient (Wildman–Crippen LogP) is 1.41. The van der Waals surface area contributed by atoms with Crippen LogP contribution < -0.4 is 0 Å². The third-order valence-electron chi connectivity index (χ3n) is 3.74. The number of nitrogens with zero attached hydrogens (tertiary/aromatic N) is 1. The first kappa shape index (κ1) is 17.1. The molecule has 0 unspecified atom stereocenters. The van der Waals surface area contributed by atoms with Crippen LogP contribution in [0.5, 0.6) is 5.75 Å². The summed E-state index contributed by atoms with van der Waals surface area (Å²) in [6.07, 6.45) is -0.202. The number of hydrogen-bond acceptors (Lipinski definition) is 6. The largest absolute Gasteiger partial charge is 0.508 e. The number of aliphatic hydroxyl groups is 1. The van der Waals surface area contributed by atoms with E-state index in [1.54, 1.807) is 19.9 Å². The van der Waals surface area contributed by atoms with Gasteiger partial charge in [-0.1, -0.05) is 6.07 Å². The summed E-state index contributed by atoms with van der Waals surface area (Å²) in [7, 11) is 0. The maximum Gasteiger partial charge on any atom is 0.412 e. The van der Waals surface area contributed by atoms with E-state index >= 15 is 0 Å². The van der Waals surface area contributed by atoms with E-state index in [1.165, 1.54) is 17.0 Å². The fraction of sp³-hybridized carbons (Fsp3) is 0.500. The van der Waals surface area contributed by atoms with Crippen molar-refractivity contribution in [2.24, 2.45) is 5.41 Å². The summed E-state index contributed by atoms with van der Waals surface area (Å²) in [6, 6.07) is 4.63. The van der Waals surface area contributed by atoms with Gasteiger partial charge in [-0.2, -0.15) is 0 Å². The number of esters is 1. The number of cyclic esters (lactones) is 1. The van der Waals surface area contributed by atoms with Crippen LogP contribution >= 0.6 is 0 Å². The first-order valence-corrected chi connectivity index (χ1v) is 7.34. The lowest BCUT2D eigenvalue weighted by atomic mass is 9.84. The Bertz CT molecular complexity index is 598. The minimum absolute atomic E-state index is 0.0705. The van der Waals surface area contributed by atoms with E-state index in [1.807, 2.05) is 0 Å². The molecule has 1 aromatic carbocycles. The van der Waals surface area contributed by atoms with Crippen molar-refractivity contribution in [2.75, 3.05) is 19.9 Å². The average molecular weight is 323 g/mol. The van der Waals surface area contributed by atoms with Gasteiger partial charge in [0.2, 0.25) is 0 Å². The Balaban J connectivity index is 2.01. The Morgan fingerprint density at radius 3 is 2.74 bits per heavy atom. The van der Waals surface area contributed by atoms with Crippen molar-refractivity contribution in [3.63, 3.8) is 0 Å². The molecule has 1 heterocycles. The van der Waals surface area contributed by atoms with Gasteiger partial charge in [-0.3, -0.25) is 9.69 Å². The zero-order chi connectivity index (χ0) is 17.0. The molecule has 0 atom stereocenters. The molecule has 7 heteroatoms. The Kier molecular flexibility index (Phi) is 5.10. The number of phenolic OH excluding ortho intramolecular Hbond substituents is 1. The molecular weight excluding hydrogens is 302 g/mol. The van der Waals surface area contributed by atoms with E-state index in [9.17, 15) is 19.8 Å². The third-order valence-corrected chi connectivity index (χ3v) is 3.74. The van der Waals surface area contributed by atoms with Crippen molar-refractivity contribution < 1.29 is 29.3 Å². The molecule has 1 amide bonds. The summed E-state index contributed by atoms with van der Waals surface area (Å²) >= 11 is 0. The second kappa shape index (κ2) is 6.87. The van der Waals surface area contributed by atoms with Crippen LogP contribution in [-0.4, -0.2) is 47.1 Å². The topological polar surface area (TPSA) is 96.3 Å². The minimum Gasteiger partial charge on any atom is -0.508 e. The van der Waals surface area contributed by atoms with Crippen LogP contribution in [0.1, 0.15) is 25.0 Å². The van der Waals surface area contributed by atoms with Crippen molar-refractivity contribution >= 4 is 12.1 Å². The Labute approximate surface area is 134 Å². The highest BCUT2D eigenvalue weighted by atomic mass is 16.6. The van der Waals surface area contributed by atoms with Gasteiger partial charge in [0.15, 0.2) is 6.73 Å². The summed E-state index contributed by atoms with van der Waals surface area (Å²) in [5.74, 6) is -0.398. The molecule has 0 aliphatic carbocycles. The highest BCUT2D eigenvalue weighted by molar-refractivity contribution is 5.77. The van der Waals surface area contributed by atoms with Gasteiger partial charge in [0.1, 0.15) is 12.4 Å². The molecule has 1 fully saturated rings. The van der Waals surface area contributed by atoms with Crippen LogP contribution in [0.2, 0.25) is 0 Å². The smallest absolute Gasteiger partial charge is 0.412 e. The number of aromatic hydroxyl groups is 1. The number of aliphatic hydroxyl groups excluding tert-OH is 1. The highest BCUT2D eigenvalue weighted by Crippen LogP contribution is 2.28. The number of ether oxygens (including phenoxy) is 2. The molecule has 1 aliphatic rings. The lowest BCUT2D eigenvalue weighted by Gasteiger charge is -2.25. The van der Waals surface area contributed by atoms with Gasteiger partial charge < -0.3 is 19.7 Å². The van der Waals surface area contributed by atoms with E-state index in [2.05, 4.69) is 0 Å². The van der Waals surface area contributed by atoms with Gasteiger partial charge in [0.05, 0.1) is 18.6 Å². The number of rotatable bonds is 6. The van der Waals surface area contributed by atoms with Gasteiger partial charge in [-0.05, 0) is 43.5 Å². The molecule has 0 saturated carbocycles. The number of carbonyl (C=O) groups is 2. The Morgan fingerprint density at radius 1 is 1.39 bits per heavy atom. The van der Waals surface area contributed by atoms with E-state index < -0.39 is 17.5 Å². The lowest BCUT2D eigenvalue weighted by Crippen LogP contribution is -2.35. The van der Waals surface area contributed by atoms with Crippen molar-refractivity contribution in [3.05, 3.63) is 29.3 Å². The Hall–Kier alpha value is -2.28. The average Bonchev–Trinajstić information content (AvgIpc) is 2.90. The van der Waals surface area contributed by atoms with Crippen LogP contribution in [0.4, 0.5) is 4.79 Å². The van der Waals surface area contributed by atoms with Crippen LogP contribution in [0.3, 0.4) is 0 Å². The number of amides is 1. The quantitative estimate of drug-likeness (QED) is 0.768. The van der Waals surface area contributed by atoms with Crippen LogP contribution in [0, 0.1) is 5.41 Å². The number of hydrogen-bond donors (Lipinski definition) is 2. The van der Waals surface area contributed by atoms with Gasteiger partial charge in [0.25, 0.3) is 0 Å². The fourth-order valence-corrected chi connectivity index (χ4v) is 2.35. The van der Waals surface area contributed by atoms with Gasteiger partial charge in [-0.15, -0.1) is 0 Å². The molecule has 2 N–H and O–H groups in total. The zero-order valence-corrected chi connectivity index (χ0v) is 13.2. The SMILES string of the molecule is CC(C)(Cc1cc(O)ccc1CO)C(=O)OCN1CCOC1=O. The molecule has 0 aromatic heterocycles. The minimum atomic E-state index is -0.874. The predicted molar refractivity (Wildman–Crippen MR) is 80.5 cm³/mol. The molecule has 7 nitrogen and oxygen atoms in total. The molecule has 0 radical (unpaired) electrons. The van der Waals surface area contributed by atoms with E-state index in [0.717, 1.165) is 0 Å². The summed E-state index contributed by atoms with van der Waals surface area (Å²) in [5, 5.41) is 19.0. The molecular formula is C16H21NO6. The molecule has 0 spiro atoms. The van der Waals surface area contributed by atoms with Crippen LogP contribution in [0.25, 0.3) is 0 Å². The van der Waals surface area contributed by atoms with Gasteiger partial charge in [0, 0.05) is 0 Å². The first-order valence-electron chi connectivity index (χ1n) is 7.34. The number of carbonyl (C=O) groups excluding carboxylic acids is 2. The van der Waals surface area contributed by atoms with Crippen molar-refractivity contribution in [2.45, 2.75) is 26.9 Å². The van der Waals surface area contributed by atoms with Crippen molar-refractivity contribution in [3.8, 4) is 5.75 Å². The highest BCUT2D eigenvalue weighted by Gasteiger charge is 2.32. The standard InChI is InChI=1S/C16H21NO6/c1-16(2,8-12-7-13(19)4-3-11(12)9-18)14(20)23-10-17-5-6-22-15(17)21/h3-4,7,18-19H,5-6,8-10H2,1-2H3. The molecule has 1 saturated heterocycles. The van der Waals surface area contributed by atoms with E-state index in [0.29, 0.717) is 30.7 Å². The fourth-order valence-electron chi connectivity index (χ4n) is 2.35. The van der Waals surface area contributed by atoms with E-state index in [-0.39, 0.29) is 19.1 Å². The summed E-state index contributed by atoms with van der Waals surface area (Å²) < 4.78 is 9.96. The van der Waals surface area contributed by atoms with Crippen LogP contribution in [0.15, 0.2) is 18.2 Å². The van der Waals surface area contributed by atoms with Crippen molar-refractivity contribution in [1.29, 1.82) is 0 Å². The third kappa shape index (κ3) is 4.13. The molecule has 126 valence electrons. The maximum absolute atomic E-state index is 12.3. The number of benzene rings is 1. The molecule has 1 aliphatic heterocycles. The zero-order valence-electron chi connectivity index (χ0n) is 13.2. The van der Waals surface area contributed by atoms with Gasteiger partial charge in [-0.25, -0.2) is 4.79 Å². The van der Waals surface area contributed by atoms with Crippen LogP contribution in [-0.2, 0) is 27.3 Å².